The van der Waals surface area contributed by atoms with Crippen molar-refractivity contribution in [2.75, 3.05) is 0 Å². The number of pyridine rings is 1. The average molecular weight is 813 g/mol. The van der Waals surface area contributed by atoms with E-state index < -0.39 is 0 Å². The molecule has 2 aromatic heterocycles. The second-order valence-electron chi connectivity index (χ2n) is 16.6. The molecule has 0 N–H and O–H groups in total. The molecule has 2 heterocycles. The fourth-order valence-electron chi connectivity index (χ4n) is 9.87. The van der Waals surface area contributed by atoms with Crippen LogP contribution in [-0.4, -0.2) is 19.9 Å². The van der Waals surface area contributed by atoms with Crippen LogP contribution in [0.1, 0.15) is 0 Å². The van der Waals surface area contributed by atoms with Gasteiger partial charge in [0.2, 0.25) is 0 Å². The lowest BCUT2D eigenvalue weighted by Gasteiger charge is -2.17. The maximum absolute atomic E-state index is 5.10. The van der Waals surface area contributed by atoms with E-state index in [-0.39, 0.29) is 0 Å². The number of hydrogen-bond acceptors (Lipinski definition) is 4. The van der Waals surface area contributed by atoms with Gasteiger partial charge in [-0.2, -0.15) is 0 Å². The third-order valence-corrected chi connectivity index (χ3v) is 12.9. The summed E-state index contributed by atoms with van der Waals surface area (Å²) in [6.07, 6.45) is 3.67. The molecule has 0 bridgehead atoms. The Morgan fingerprint density at radius 3 is 1.23 bits per heavy atom. The first kappa shape index (κ1) is 36.1. The molecular formula is C60H36N4. The number of hydrogen-bond donors (Lipinski definition) is 0. The second kappa shape index (κ2) is 14.5. The minimum Gasteiger partial charge on any atom is -0.264 e. The molecule has 0 atom stereocenters. The van der Waals surface area contributed by atoms with Crippen molar-refractivity contribution in [3.63, 3.8) is 0 Å². The summed E-state index contributed by atoms with van der Waals surface area (Å²) in [5.41, 5.74) is 9.42. The van der Waals surface area contributed by atoms with Crippen LogP contribution in [0.3, 0.4) is 0 Å². The van der Waals surface area contributed by atoms with Gasteiger partial charge < -0.3 is 0 Å². The Labute approximate surface area is 369 Å². The van der Waals surface area contributed by atoms with E-state index in [0.717, 1.165) is 38.9 Å². The van der Waals surface area contributed by atoms with Crippen LogP contribution >= 0.6 is 0 Å². The van der Waals surface area contributed by atoms with Crippen molar-refractivity contribution in [3.05, 3.63) is 219 Å². The molecule has 0 aliphatic rings. The first-order chi connectivity index (χ1) is 31.7. The van der Waals surface area contributed by atoms with E-state index >= 15 is 0 Å². The molecule has 11 aromatic carbocycles. The summed E-state index contributed by atoms with van der Waals surface area (Å²) < 4.78 is 0. The number of rotatable bonds is 6. The maximum Gasteiger partial charge on any atom is 0.164 e. The van der Waals surface area contributed by atoms with Gasteiger partial charge in [0.25, 0.3) is 0 Å². The monoisotopic (exact) mass is 812 g/mol. The molecule has 64 heavy (non-hydrogen) atoms. The van der Waals surface area contributed by atoms with Gasteiger partial charge in [-0.15, -0.1) is 0 Å². The number of benzene rings is 10. The Hall–Kier alpha value is -8.60. The molecule has 4 nitrogen and oxygen atoms in total. The Kier molecular flexibility index (Phi) is 8.18. The highest BCUT2D eigenvalue weighted by Gasteiger charge is 2.18. The van der Waals surface area contributed by atoms with E-state index in [9.17, 15) is 0 Å². The highest BCUT2D eigenvalue weighted by Crippen LogP contribution is 2.44. The zero-order valence-corrected chi connectivity index (χ0v) is 34.6. The summed E-state index contributed by atoms with van der Waals surface area (Å²) in [6, 6.07) is 74.1. The summed E-state index contributed by atoms with van der Waals surface area (Å²) in [6.45, 7) is 0. The molecule has 0 amide bonds. The predicted molar refractivity (Wildman–Crippen MR) is 266 cm³/mol. The summed E-state index contributed by atoms with van der Waals surface area (Å²) in [4.78, 5) is 19.5. The Balaban J connectivity index is 0.927. The van der Waals surface area contributed by atoms with Crippen LogP contribution in [0.15, 0.2) is 219 Å². The third kappa shape index (κ3) is 5.92. The minimum atomic E-state index is 0.617. The lowest BCUT2D eigenvalue weighted by molar-refractivity contribution is 1.07. The molecule has 0 aliphatic carbocycles. The SMILES string of the molecule is c1ccc(-c2nc(-c3cccc(-c4ccc(-c5cc6ccc7cccc8c9cccc%10ccc%11cccc(c(c5)c6c78)c%11c%109)cc4)c3)nc(-c3cccc(-c4cccnc4)c3)n2)cc1. The smallest absolute Gasteiger partial charge is 0.164 e. The third-order valence-electron chi connectivity index (χ3n) is 12.9. The summed E-state index contributed by atoms with van der Waals surface area (Å²) in [5, 5.41) is 15.4. The van der Waals surface area contributed by atoms with E-state index in [2.05, 4.69) is 169 Å². The number of aromatic nitrogens is 4. The molecule has 0 radical (unpaired) electrons. The molecule has 296 valence electrons. The van der Waals surface area contributed by atoms with Crippen LogP contribution < -0.4 is 0 Å². The largest absolute Gasteiger partial charge is 0.264 e. The number of nitrogens with zero attached hydrogens (tertiary/aromatic N) is 4. The normalized spacial score (nSPS) is 11.8. The van der Waals surface area contributed by atoms with E-state index in [1.165, 1.54) is 75.8 Å². The van der Waals surface area contributed by atoms with Crippen molar-refractivity contribution in [2.24, 2.45) is 0 Å². The zero-order valence-electron chi connectivity index (χ0n) is 34.6. The Morgan fingerprint density at radius 1 is 0.234 bits per heavy atom. The minimum absolute atomic E-state index is 0.617. The molecule has 13 rings (SSSR count). The van der Waals surface area contributed by atoms with Gasteiger partial charge >= 0.3 is 0 Å². The average Bonchev–Trinajstić information content (AvgIpc) is 3.37. The predicted octanol–water partition coefficient (Wildman–Crippen LogP) is 15.6. The molecule has 0 saturated carbocycles. The van der Waals surface area contributed by atoms with Crippen molar-refractivity contribution in [2.45, 2.75) is 0 Å². The van der Waals surface area contributed by atoms with Crippen molar-refractivity contribution in [1.29, 1.82) is 0 Å². The molecule has 0 spiro atoms. The first-order valence-electron chi connectivity index (χ1n) is 21.7. The summed E-state index contributed by atoms with van der Waals surface area (Å²) in [5.74, 6) is 1.87. The highest BCUT2D eigenvalue weighted by atomic mass is 15.0. The van der Waals surface area contributed by atoms with Crippen molar-refractivity contribution in [1.82, 2.24) is 19.9 Å². The van der Waals surface area contributed by atoms with E-state index in [0.29, 0.717) is 17.5 Å². The van der Waals surface area contributed by atoms with Crippen molar-refractivity contribution in [3.8, 4) is 67.5 Å². The Morgan fingerprint density at radius 2 is 0.672 bits per heavy atom. The molecular weight excluding hydrogens is 777 g/mol. The lowest BCUT2D eigenvalue weighted by Crippen LogP contribution is -2.00. The van der Waals surface area contributed by atoms with Gasteiger partial charge in [-0.25, -0.2) is 15.0 Å². The first-order valence-corrected chi connectivity index (χ1v) is 21.7. The van der Waals surface area contributed by atoms with E-state index in [1.807, 2.05) is 48.7 Å². The molecule has 0 saturated heterocycles. The fraction of sp³-hybridized carbons (Fsp3) is 0. The van der Waals surface area contributed by atoms with Gasteiger partial charge in [-0.05, 0) is 123 Å². The van der Waals surface area contributed by atoms with Crippen molar-refractivity contribution < 1.29 is 0 Å². The molecule has 0 unspecified atom stereocenters. The van der Waals surface area contributed by atoms with Gasteiger partial charge in [0.05, 0.1) is 0 Å². The van der Waals surface area contributed by atoms with Crippen LogP contribution in [0.25, 0.3) is 132 Å². The van der Waals surface area contributed by atoms with Crippen LogP contribution in [0.2, 0.25) is 0 Å². The zero-order chi connectivity index (χ0) is 42.1. The Bertz CT molecular complexity index is 3930. The van der Waals surface area contributed by atoms with Crippen LogP contribution in [-0.2, 0) is 0 Å². The fourth-order valence-corrected chi connectivity index (χ4v) is 9.87. The standard InChI is InChI=1S/C60H36N4/c1-2-10-42(11-3-1)58-62-59(64-60(63-58)47-18-5-16-44(33-47)48-19-9-31-61-36-48)46-17-4-15-43(32-46)37-23-25-38(26-24-37)49-34-45-30-29-41-13-7-21-51-50-20-6-12-39-27-28-40-14-8-22-52(56(40)54(39)50)53(35-49)57(45)55(41)51/h1-36H. The van der Waals surface area contributed by atoms with E-state index in [1.54, 1.807) is 6.20 Å². The number of fused-ring (bicyclic) bond motifs is 2. The quantitative estimate of drug-likeness (QED) is 0.157. The van der Waals surface area contributed by atoms with E-state index in [4.69, 9.17) is 15.0 Å². The maximum atomic E-state index is 5.10. The summed E-state index contributed by atoms with van der Waals surface area (Å²) >= 11 is 0. The van der Waals surface area contributed by atoms with Gasteiger partial charge in [-0.3, -0.25) is 4.98 Å². The summed E-state index contributed by atoms with van der Waals surface area (Å²) in [7, 11) is 0. The molecule has 13 aromatic rings. The van der Waals surface area contributed by atoms with Gasteiger partial charge in [0.1, 0.15) is 0 Å². The lowest BCUT2D eigenvalue weighted by atomic mass is 9.86. The van der Waals surface area contributed by atoms with Gasteiger partial charge in [0.15, 0.2) is 17.5 Å². The van der Waals surface area contributed by atoms with Crippen LogP contribution in [0.4, 0.5) is 0 Å². The molecule has 4 heteroatoms. The van der Waals surface area contributed by atoms with Crippen LogP contribution in [0, 0.1) is 0 Å². The molecule has 0 fully saturated rings. The molecule has 0 aliphatic heterocycles. The van der Waals surface area contributed by atoms with Gasteiger partial charge in [0, 0.05) is 34.6 Å². The second-order valence-corrected chi connectivity index (χ2v) is 16.6. The highest BCUT2D eigenvalue weighted by molar-refractivity contribution is 6.37. The van der Waals surface area contributed by atoms with Crippen LogP contribution in [0.5, 0.6) is 0 Å². The van der Waals surface area contributed by atoms with Crippen molar-refractivity contribution >= 4 is 64.6 Å². The van der Waals surface area contributed by atoms with Gasteiger partial charge in [-0.1, -0.05) is 176 Å². The topological polar surface area (TPSA) is 51.6 Å².